The fraction of sp³-hybridized carbons (Fsp3) is 0.545. The topological polar surface area (TPSA) is 54.9 Å². The van der Waals surface area contributed by atoms with Gasteiger partial charge >= 0.3 is 0 Å². The quantitative estimate of drug-likeness (QED) is 0.681. The van der Waals surface area contributed by atoms with Gasteiger partial charge in [0.15, 0.2) is 6.29 Å². The summed E-state index contributed by atoms with van der Waals surface area (Å²) < 4.78 is 0. The number of anilines is 1. The molecule has 1 aromatic heterocycles. The fourth-order valence-electron chi connectivity index (χ4n) is 1.65. The van der Waals surface area contributed by atoms with E-state index in [1.165, 1.54) is 11.5 Å². The van der Waals surface area contributed by atoms with Gasteiger partial charge < -0.3 is 5.32 Å². The molecule has 1 aliphatic rings. The second-order valence-electron chi connectivity index (χ2n) is 3.89. The summed E-state index contributed by atoms with van der Waals surface area (Å²) in [6.45, 7) is 2.56. The van der Waals surface area contributed by atoms with Gasteiger partial charge in [-0.2, -0.15) is 23.5 Å². The Bertz CT molecular complexity index is 439. The van der Waals surface area contributed by atoms with E-state index in [1.807, 2.05) is 23.5 Å². The van der Waals surface area contributed by atoms with Crippen LogP contribution in [0.25, 0.3) is 0 Å². The third-order valence-corrected chi connectivity index (χ3v) is 5.64. The van der Waals surface area contributed by atoms with Crippen LogP contribution < -0.4 is 5.32 Å². The summed E-state index contributed by atoms with van der Waals surface area (Å²) in [5.41, 5.74) is 0.343. The molecule has 0 spiro atoms. The highest BCUT2D eigenvalue weighted by atomic mass is 35.5. The molecule has 7 heteroatoms. The van der Waals surface area contributed by atoms with E-state index < -0.39 is 0 Å². The maximum Gasteiger partial charge on any atom is 0.156 e. The molecule has 0 saturated carbocycles. The maximum absolute atomic E-state index is 11.0. The van der Waals surface area contributed by atoms with Crippen LogP contribution in [0.5, 0.6) is 0 Å². The summed E-state index contributed by atoms with van der Waals surface area (Å²) in [6, 6.07) is 0. The number of aromatic nitrogens is 2. The molecule has 2 rings (SSSR count). The number of carbonyl (C=O) groups excluding carboxylic acids is 1. The number of aldehydes is 1. The van der Waals surface area contributed by atoms with Crippen molar-refractivity contribution in [2.24, 2.45) is 0 Å². The van der Waals surface area contributed by atoms with Crippen LogP contribution in [0.2, 0.25) is 5.15 Å². The summed E-state index contributed by atoms with van der Waals surface area (Å²) in [5.74, 6) is 4.64. The van der Waals surface area contributed by atoms with Gasteiger partial charge in [-0.15, -0.1) is 0 Å². The predicted molar refractivity (Wildman–Crippen MR) is 79.2 cm³/mol. The molecule has 1 fully saturated rings. The molecule has 2 heterocycles. The molecular formula is C11H14ClN3OS2. The molecule has 0 aliphatic carbocycles. The van der Waals surface area contributed by atoms with E-state index in [0.717, 1.165) is 12.3 Å². The minimum absolute atomic E-state index is 0.214. The lowest BCUT2D eigenvalue weighted by Gasteiger charge is -2.21. The van der Waals surface area contributed by atoms with Gasteiger partial charge in [0.2, 0.25) is 0 Å². The van der Waals surface area contributed by atoms with Gasteiger partial charge in [0.25, 0.3) is 0 Å². The SMILES string of the molecule is Cc1nc(Cl)c(C=O)c(NCC2CSCCS2)n1. The first-order chi connectivity index (χ1) is 8.70. The highest BCUT2D eigenvalue weighted by Crippen LogP contribution is 2.25. The van der Waals surface area contributed by atoms with Crippen molar-refractivity contribution in [2.75, 3.05) is 29.1 Å². The number of thioether (sulfide) groups is 2. The lowest BCUT2D eigenvalue weighted by atomic mass is 10.3. The highest BCUT2D eigenvalue weighted by Gasteiger charge is 2.16. The Balaban J connectivity index is 2.05. The largest absolute Gasteiger partial charge is 0.368 e. The van der Waals surface area contributed by atoms with Gasteiger partial charge in [-0.3, -0.25) is 4.79 Å². The number of nitrogens with one attached hydrogen (secondary N) is 1. The van der Waals surface area contributed by atoms with E-state index in [0.29, 0.717) is 28.7 Å². The average Bonchev–Trinajstić information content (AvgIpc) is 2.37. The van der Waals surface area contributed by atoms with E-state index in [4.69, 9.17) is 11.6 Å². The van der Waals surface area contributed by atoms with Gasteiger partial charge in [-0.25, -0.2) is 9.97 Å². The third kappa shape index (κ3) is 3.52. The number of rotatable bonds is 4. The highest BCUT2D eigenvalue weighted by molar-refractivity contribution is 8.06. The molecule has 1 N–H and O–H groups in total. The molecule has 18 heavy (non-hydrogen) atoms. The standard InChI is InChI=1S/C11H14ClN3OS2/c1-7-14-10(12)9(5-16)11(15-7)13-4-8-6-17-2-3-18-8/h5,8H,2-4,6H2,1H3,(H,13,14,15). The maximum atomic E-state index is 11.0. The Morgan fingerprint density at radius 1 is 1.50 bits per heavy atom. The lowest BCUT2D eigenvalue weighted by molar-refractivity contribution is 0.112. The number of halogens is 1. The van der Waals surface area contributed by atoms with Crippen LogP contribution in [0.1, 0.15) is 16.2 Å². The first-order valence-electron chi connectivity index (χ1n) is 5.63. The van der Waals surface area contributed by atoms with E-state index in [1.54, 1.807) is 6.92 Å². The Morgan fingerprint density at radius 2 is 2.33 bits per heavy atom. The fourth-order valence-corrected chi connectivity index (χ4v) is 4.52. The molecule has 1 aromatic rings. The summed E-state index contributed by atoms with van der Waals surface area (Å²) in [7, 11) is 0. The smallest absolute Gasteiger partial charge is 0.156 e. The van der Waals surface area contributed by atoms with E-state index in [9.17, 15) is 4.79 Å². The second kappa shape index (κ2) is 6.63. The summed E-state index contributed by atoms with van der Waals surface area (Å²) in [6.07, 6.45) is 0.701. The van der Waals surface area contributed by atoms with Crippen molar-refractivity contribution in [3.8, 4) is 0 Å². The van der Waals surface area contributed by atoms with Gasteiger partial charge in [-0.05, 0) is 6.92 Å². The van der Waals surface area contributed by atoms with E-state index in [-0.39, 0.29) is 5.15 Å². The first kappa shape index (κ1) is 14.0. The van der Waals surface area contributed by atoms with Gasteiger partial charge in [0, 0.05) is 29.1 Å². The molecule has 98 valence electrons. The number of hydrogen-bond acceptors (Lipinski definition) is 6. The zero-order valence-electron chi connectivity index (χ0n) is 9.98. The van der Waals surface area contributed by atoms with Crippen molar-refractivity contribution in [1.29, 1.82) is 0 Å². The molecule has 0 radical (unpaired) electrons. The number of aryl methyl sites for hydroxylation is 1. The molecular weight excluding hydrogens is 290 g/mol. The monoisotopic (exact) mass is 303 g/mol. The van der Waals surface area contributed by atoms with Gasteiger partial charge in [0.05, 0.1) is 5.56 Å². The van der Waals surface area contributed by atoms with Gasteiger partial charge in [-0.1, -0.05) is 11.6 Å². The molecule has 1 unspecified atom stereocenters. The van der Waals surface area contributed by atoms with Crippen LogP contribution in [0.3, 0.4) is 0 Å². The van der Waals surface area contributed by atoms with Crippen molar-refractivity contribution < 1.29 is 4.79 Å². The molecule has 4 nitrogen and oxygen atoms in total. The van der Waals surface area contributed by atoms with Gasteiger partial charge in [0.1, 0.15) is 16.8 Å². The normalized spacial score (nSPS) is 19.6. The zero-order chi connectivity index (χ0) is 13.0. The average molecular weight is 304 g/mol. The molecule has 1 saturated heterocycles. The van der Waals surface area contributed by atoms with Crippen LogP contribution in [-0.4, -0.2) is 45.3 Å². The Kier molecular flexibility index (Phi) is 5.14. The number of hydrogen-bond donors (Lipinski definition) is 1. The third-order valence-electron chi connectivity index (χ3n) is 2.51. The predicted octanol–water partition coefficient (Wildman–Crippen LogP) is 2.51. The summed E-state index contributed by atoms with van der Waals surface area (Å²) in [4.78, 5) is 19.2. The number of nitrogens with zero attached hydrogens (tertiary/aromatic N) is 2. The van der Waals surface area contributed by atoms with Crippen LogP contribution >= 0.6 is 35.1 Å². The zero-order valence-corrected chi connectivity index (χ0v) is 12.4. The Labute approximate surface area is 120 Å². The van der Waals surface area contributed by atoms with Crippen LogP contribution in [-0.2, 0) is 0 Å². The van der Waals surface area contributed by atoms with E-state index in [2.05, 4.69) is 15.3 Å². The van der Waals surface area contributed by atoms with Crippen molar-refractivity contribution in [1.82, 2.24) is 9.97 Å². The van der Waals surface area contributed by atoms with E-state index >= 15 is 0 Å². The van der Waals surface area contributed by atoms with Crippen LogP contribution in [0, 0.1) is 6.92 Å². The van der Waals surface area contributed by atoms with Crippen LogP contribution in [0.15, 0.2) is 0 Å². The second-order valence-corrected chi connectivity index (χ2v) is 6.81. The summed E-state index contributed by atoms with van der Waals surface area (Å²) in [5, 5.41) is 3.98. The minimum Gasteiger partial charge on any atom is -0.368 e. The lowest BCUT2D eigenvalue weighted by Crippen LogP contribution is -2.24. The summed E-state index contributed by atoms with van der Waals surface area (Å²) >= 11 is 9.85. The molecule has 1 aliphatic heterocycles. The molecule has 0 bridgehead atoms. The molecule has 0 aromatic carbocycles. The van der Waals surface area contributed by atoms with Crippen LogP contribution in [0.4, 0.5) is 5.82 Å². The Morgan fingerprint density at radius 3 is 3.00 bits per heavy atom. The van der Waals surface area contributed by atoms with Crippen molar-refractivity contribution >= 4 is 47.2 Å². The Hall–Kier alpha value is -0.460. The molecule has 1 atom stereocenters. The van der Waals surface area contributed by atoms with Crippen molar-refractivity contribution in [2.45, 2.75) is 12.2 Å². The van der Waals surface area contributed by atoms with Crippen molar-refractivity contribution in [3.05, 3.63) is 16.5 Å². The van der Waals surface area contributed by atoms with Crippen molar-refractivity contribution in [3.63, 3.8) is 0 Å². The minimum atomic E-state index is 0.214. The first-order valence-corrected chi connectivity index (χ1v) is 8.21. The molecule has 0 amide bonds. The number of carbonyl (C=O) groups is 1.